The molecular weight excluding hydrogens is 252 g/mol. The second-order valence-corrected chi connectivity index (χ2v) is 5.90. The topological polar surface area (TPSA) is 58.2 Å². The van der Waals surface area contributed by atoms with E-state index in [1.165, 1.54) is 0 Å². The highest BCUT2D eigenvalue weighted by molar-refractivity contribution is 6.00. The highest BCUT2D eigenvalue weighted by Gasteiger charge is 2.27. The lowest BCUT2D eigenvalue weighted by Gasteiger charge is -2.29. The van der Waals surface area contributed by atoms with Gasteiger partial charge in [0, 0.05) is 25.2 Å². The lowest BCUT2D eigenvalue weighted by Crippen LogP contribution is -2.25. The minimum Gasteiger partial charge on any atom is -0.358 e. The van der Waals surface area contributed by atoms with E-state index in [4.69, 9.17) is 0 Å². The molecule has 0 saturated heterocycles. The molecule has 0 aliphatic heterocycles. The predicted molar refractivity (Wildman–Crippen MR) is 79.6 cm³/mol. The Balaban J connectivity index is 2.27. The van der Waals surface area contributed by atoms with Crippen LogP contribution in [0.25, 0.3) is 0 Å². The lowest BCUT2D eigenvalue weighted by atomic mass is 9.79. The van der Waals surface area contributed by atoms with E-state index in [9.17, 15) is 9.59 Å². The first-order valence-electron chi connectivity index (χ1n) is 6.73. The summed E-state index contributed by atoms with van der Waals surface area (Å²) < 4.78 is 0. The van der Waals surface area contributed by atoms with Crippen molar-refractivity contribution < 1.29 is 9.59 Å². The van der Waals surface area contributed by atoms with Gasteiger partial charge in [-0.2, -0.15) is 0 Å². The molecule has 2 N–H and O–H groups in total. The van der Waals surface area contributed by atoms with E-state index < -0.39 is 0 Å². The Bertz CT molecular complexity index is 574. The van der Waals surface area contributed by atoms with Crippen molar-refractivity contribution in [2.45, 2.75) is 26.7 Å². The second-order valence-electron chi connectivity index (χ2n) is 5.90. The second kappa shape index (κ2) is 5.49. The van der Waals surface area contributed by atoms with Crippen LogP contribution in [0.1, 0.15) is 37.0 Å². The Morgan fingerprint density at radius 3 is 2.55 bits per heavy atom. The van der Waals surface area contributed by atoms with Crippen molar-refractivity contribution in [3.05, 3.63) is 41.6 Å². The number of allylic oxidation sites excluding steroid dienone is 2. The van der Waals surface area contributed by atoms with Crippen LogP contribution < -0.4 is 10.6 Å². The van der Waals surface area contributed by atoms with Crippen molar-refractivity contribution >= 4 is 17.4 Å². The van der Waals surface area contributed by atoms with Gasteiger partial charge in [0.25, 0.3) is 5.91 Å². The zero-order valence-electron chi connectivity index (χ0n) is 12.1. The van der Waals surface area contributed by atoms with Crippen LogP contribution in [0, 0.1) is 5.41 Å². The summed E-state index contributed by atoms with van der Waals surface area (Å²) in [5.74, 6) is -0.0173. The van der Waals surface area contributed by atoms with Gasteiger partial charge in [-0.1, -0.05) is 26.0 Å². The number of hydrogen-bond acceptors (Lipinski definition) is 3. The van der Waals surface area contributed by atoms with Crippen LogP contribution in [0.4, 0.5) is 5.69 Å². The van der Waals surface area contributed by atoms with Crippen molar-refractivity contribution in [2.75, 3.05) is 12.4 Å². The molecule has 1 aliphatic carbocycles. The van der Waals surface area contributed by atoms with Crippen LogP contribution in [-0.4, -0.2) is 18.7 Å². The van der Waals surface area contributed by atoms with Gasteiger partial charge in [0.1, 0.15) is 0 Å². The number of carbonyl (C=O) groups is 2. The van der Waals surface area contributed by atoms with Gasteiger partial charge in [0.2, 0.25) is 0 Å². The normalized spacial score (nSPS) is 17.4. The molecule has 1 aliphatic rings. The molecule has 1 aromatic carbocycles. The van der Waals surface area contributed by atoms with Crippen molar-refractivity contribution in [1.82, 2.24) is 5.32 Å². The molecule has 106 valence electrons. The fraction of sp³-hybridized carbons (Fsp3) is 0.375. The summed E-state index contributed by atoms with van der Waals surface area (Å²) in [5.41, 5.74) is 2.12. The fourth-order valence-electron chi connectivity index (χ4n) is 2.52. The Hall–Kier alpha value is -2.10. The third kappa shape index (κ3) is 3.26. The summed E-state index contributed by atoms with van der Waals surface area (Å²) in [6.07, 6.45) is 3.00. The minimum atomic E-state index is -0.143. The third-order valence-corrected chi connectivity index (χ3v) is 3.35. The summed E-state index contributed by atoms with van der Waals surface area (Å²) in [6, 6.07) is 7.29. The van der Waals surface area contributed by atoms with E-state index in [2.05, 4.69) is 24.5 Å². The highest BCUT2D eigenvalue weighted by Crippen LogP contribution is 2.34. The number of nitrogens with one attached hydrogen (secondary N) is 2. The van der Waals surface area contributed by atoms with Crippen LogP contribution >= 0.6 is 0 Å². The first-order valence-corrected chi connectivity index (χ1v) is 6.73. The van der Waals surface area contributed by atoms with Gasteiger partial charge in [-0.15, -0.1) is 0 Å². The summed E-state index contributed by atoms with van der Waals surface area (Å²) in [6.45, 7) is 4.15. The average molecular weight is 272 g/mol. The van der Waals surface area contributed by atoms with E-state index in [1.807, 2.05) is 18.2 Å². The molecule has 0 bridgehead atoms. The van der Waals surface area contributed by atoms with E-state index in [1.54, 1.807) is 19.2 Å². The third-order valence-electron chi connectivity index (χ3n) is 3.35. The number of rotatable bonds is 3. The van der Waals surface area contributed by atoms with Crippen LogP contribution in [-0.2, 0) is 4.79 Å². The van der Waals surface area contributed by atoms with Gasteiger partial charge < -0.3 is 10.6 Å². The number of para-hydroxylation sites is 1. The number of anilines is 1. The number of carbonyl (C=O) groups excluding carboxylic acids is 2. The highest BCUT2D eigenvalue weighted by atomic mass is 16.1. The molecule has 1 aromatic rings. The minimum absolute atomic E-state index is 0.0455. The van der Waals surface area contributed by atoms with E-state index >= 15 is 0 Å². The molecular formula is C16H20N2O2. The zero-order valence-corrected chi connectivity index (χ0v) is 12.1. The van der Waals surface area contributed by atoms with Crippen molar-refractivity contribution in [3.8, 4) is 0 Å². The van der Waals surface area contributed by atoms with Crippen molar-refractivity contribution in [3.63, 3.8) is 0 Å². The zero-order chi connectivity index (χ0) is 14.8. The largest absolute Gasteiger partial charge is 0.358 e. The predicted octanol–water partition coefficient (Wildman–Crippen LogP) is 2.73. The standard InChI is InChI=1S/C16H20N2O2/c1-16(2)9-11(8-12(19)10-16)18-14-7-5-4-6-13(14)15(20)17-3/h4-8,18H,9-10H2,1-3H3,(H,17,20). The fourth-order valence-corrected chi connectivity index (χ4v) is 2.52. The Labute approximate surface area is 119 Å². The molecule has 2 rings (SSSR count). The van der Waals surface area contributed by atoms with Crippen LogP contribution in [0.3, 0.4) is 0 Å². The van der Waals surface area contributed by atoms with Crippen LogP contribution in [0.5, 0.6) is 0 Å². The quantitative estimate of drug-likeness (QED) is 0.889. The molecule has 0 fully saturated rings. The van der Waals surface area contributed by atoms with Crippen molar-refractivity contribution in [1.29, 1.82) is 0 Å². The number of benzene rings is 1. The van der Waals surface area contributed by atoms with Crippen LogP contribution in [0.15, 0.2) is 36.0 Å². The molecule has 20 heavy (non-hydrogen) atoms. The lowest BCUT2D eigenvalue weighted by molar-refractivity contribution is -0.117. The molecule has 4 heteroatoms. The van der Waals surface area contributed by atoms with Gasteiger partial charge in [0.05, 0.1) is 11.3 Å². The number of hydrogen-bond donors (Lipinski definition) is 2. The van der Waals surface area contributed by atoms with Gasteiger partial charge in [0.15, 0.2) is 5.78 Å². The van der Waals surface area contributed by atoms with Gasteiger partial charge in [-0.25, -0.2) is 0 Å². The molecule has 0 atom stereocenters. The molecule has 0 unspecified atom stereocenters. The maximum Gasteiger partial charge on any atom is 0.253 e. The van der Waals surface area contributed by atoms with Crippen molar-refractivity contribution in [2.24, 2.45) is 5.41 Å². The van der Waals surface area contributed by atoms with E-state index in [-0.39, 0.29) is 17.1 Å². The molecule has 0 aromatic heterocycles. The molecule has 1 amide bonds. The molecule has 0 radical (unpaired) electrons. The number of ketones is 1. The SMILES string of the molecule is CNC(=O)c1ccccc1NC1=CC(=O)CC(C)(C)C1. The first kappa shape index (κ1) is 14.3. The summed E-state index contributed by atoms with van der Waals surface area (Å²) in [5, 5.41) is 5.85. The number of amides is 1. The molecule has 0 heterocycles. The summed E-state index contributed by atoms with van der Waals surface area (Å²) in [4.78, 5) is 23.6. The van der Waals surface area contributed by atoms with E-state index in [0.717, 1.165) is 17.8 Å². The Morgan fingerprint density at radius 1 is 1.20 bits per heavy atom. The Kier molecular flexibility index (Phi) is 3.93. The van der Waals surface area contributed by atoms with Gasteiger partial charge >= 0.3 is 0 Å². The van der Waals surface area contributed by atoms with E-state index in [0.29, 0.717) is 12.0 Å². The van der Waals surface area contributed by atoms with Crippen LogP contribution in [0.2, 0.25) is 0 Å². The monoisotopic (exact) mass is 272 g/mol. The first-order chi connectivity index (χ1) is 9.41. The maximum absolute atomic E-state index is 11.8. The molecule has 4 nitrogen and oxygen atoms in total. The average Bonchev–Trinajstić information content (AvgIpc) is 2.36. The molecule has 0 spiro atoms. The maximum atomic E-state index is 11.8. The Morgan fingerprint density at radius 2 is 1.90 bits per heavy atom. The molecule has 0 saturated carbocycles. The smallest absolute Gasteiger partial charge is 0.253 e. The van der Waals surface area contributed by atoms with Gasteiger partial charge in [-0.05, 0) is 24.0 Å². The van der Waals surface area contributed by atoms with Gasteiger partial charge in [-0.3, -0.25) is 9.59 Å². The summed E-state index contributed by atoms with van der Waals surface area (Å²) >= 11 is 0. The summed E-state index contributed by atoms with van der Waals surface area (Å²) in [7, 11) is 1.60.